The predicted molar refractivity (Wildman–Crippen MR) is 59.6 cm³/mol. The lowest BCUT2D eigenvalue weighted by molar-refractivity contribution is 0.281. The van der Waals surface area contributed by atoms with Crippen LogP contribution in [0.3, 0.4) is 0 Å². The Morgan fingerprint density at radius 2 is 2.00 bits per heavy atom. The third-order valence-electron chi connectivity index (χ3n) is 2.98. The second-order valence-electron chi connectivity index (χ2n) is 3.88. The van der Waals surface area contributed by atoms with Crippen LogP contribution in [0.5, 0.6) is 0 Å². The zero-order chi connectivity index (χ0) is 9.42. The average molecular weight is 193 g/mol. The van der Waals surface area contributed by atoms with Crippen molar-refractivity contribution in [3.63, 3.8) is 0 Å². The Morgan fingerprint density at radius 3 is 2.77 bits per heavy atom. The Bertz CT molecular complexity index is 311. The molecule has 0 bridgehead atoms. The summed E-state index contributed by atoms with van der Waals surface area (Å²) < 4.78 is 2.36. The molecule has 13 heavy (non-hydrogen) atoms. The fourth-order valence-corrected chi connectivity index (χ4v) is 2.36. The maximum absolute atomic E-state index is 2.84. The van der Waals surface area contributed by atoms with Crippen molar-refractivity contribution in [2.24, 2.45) is 0 Å². The fraction of sp³-hybridized carbons (Fsp3) is 0.455. The first-order chi connectivity index (χ1) is 6.20. The molecule has 3 atom stereocenters. The summed E-state index contributed by atoms with van der Waals surface area (Å²) in [6, 6.07) is 9.92. The molecule has 3 unspecified atom stereocenters. The summed E-state index contributed by atoms with van der Waals surface area (Å²) in [4.78, 5) is 0. The van der Waals surface area contributed by atoms with Gasteiger partial charge >= 0.3 is 0 Å². The van der Waals surface area contributed by atoms with E-state index in [4.69, 9.17) is 0 Å². The summed E-state index contributed by atoms with van der Waals surface area (Å²) in [7, 11) is 2.84. The first-order valence-electron chi connectivity index (χ1n) is 4.81. The van der Waals surface area contributed by atoms with Crippen molar-refractivity contribution in [3.05, 3.63) is 35.4 Å². The Hall–Kier alpha value is -0.390. The molecule has 1 aromatic rings. The van der Waals surface area contributed by atoms with Crippen LogP contribution in [0.15, 0.2) is 24.3 Å². The first kappa shape index (κ1) is 9.18. The van der Waals surface area contributed by atoms with E-state index in [1.807, 2.05) is 0 Å². The molecule has 0 spiro atoms. The SMILES string of the molecule is CC1Cc2ccccc2C(C)N1P. The molecule has 1 aliphatic rings. The van der Waals surface area contributed by atoms with Gasteiger partial charge in [0.1, 0.15) is 0 Å². The molecular formula is C11H16NP. The van der Waals surface area contributed by atoms with Crippen molar-refractivity contribution in [2.75, 3.05) is 0 Å². The number of fused-ring (bicyclic) bond motifs is 1. The predicted octanol–water partition coefficient (Wildman–Crippen LogP) is 2.78. The molecule has 0 amide bonds. The Labute approximate surface area is 82.4 Å². The van der Waals surface area contributed by atoms with Crippen LogP contribution in [0, 0.1) is 0 Å². The number of hydrogen-bond acceptors (Lipinski definition) is 1. The summed E-state index contributed by atoms with van der Waals surface area (Å²) >= 11 is 0. The largest absolute Gasteiger partial charge is 0.277 e. The van der Waals surface area contributed by atoms with Gasteiger partial charge in [0.15, 0.2) is 0 Å². The van der Waals surface area contributed by atoms with E-state index in [0.29, 0.717) is 12.1 Å². The highest BCUT2D eigenvalue weighted by molar-refractivity contribution is 7.13. The lowest BCUT2D eigenvalue weighted by Gasteiger charge is -2.37. The molecular weight excluding hydrogens is 177 g/mol. The Kier molecular flexibility index (Phi) is 2.40. The highest BCUT2D eigenvalue weighted by Crippen LogP contribution is 2.34. The maximum atomic E-state index is 2.84. The second-order valence-corrected chi connectivity index (χ2v) is 4.47. The molecule has 1 heterocycles. The molecule has 0 fully saturated rings. The van der Waals surface area contributed by atoms with Gasteiger partial charge in [-0.15, -0.1) is 0 Å². The van der Waals surface area contributed by atoms with Crippen molar-refractivity contribution >= 4 is 9.39 Å². The van der Waals surface area contributed by atoms with Crippen LogP contribution in [-0.4, -0.2) is 10.7 Å². The van der Waals surface area contributed by atoms with E-state index in [0.717, 1.165) is 0 Å². The van der Waals surface area contributed by atoms with Gasteiger partial charge in [-0.1, -0.05) is 33.7 Å². The summed E-state index contributed by atoms with van der Waals surface area (Å²) in [6.07, 6.45) is 1.17. The minimum absolute atomic E-state index is 0.532. The van der Waals surface area contributed by atoms with Gasteiger partial charge in [-0.05, 0) is 31.4 Å². The lowest BCUT2D eigenvalue weighted by atomic mass is 9.92. The highest BCUT2D eigenvalue weighted by atomic mass is 31.0. The van der Waals surface area contributed by atoms with Gasteiger partial charge < -0.3 is 0 Å². The van der Waals surface area contributed by atoms with Crippen LogP contribution >= 0.6 is 9.39 Å². The van der Waals surface area contributed by atoms with Crippen molar-refractivity contribution in [1.29, 1.82) is 0 Å². The van der Waals surface area contributed by atoms with Gasteiger partial charge in [-0.25, -0.2) is 0 Å². The summed E-state index contributed by atoms with van der Waals surface area (Å²) in [6.45, 7) is 4.54. The van der Waals surface area contributed by atoms with Crippen molar-refractivity contribution in [2.45, 2.75) is 32.4 Å². The van der Waals surface area contributed by atoms with Gasteiger partial charge in [-0.3, -0.25) is 4.67 Å². The molecule has 1 nitrogen and oxygen atoms in total. The van der Waals surface area contributed by atoms with Crippen LogP contribution in [0.2, 0.25) is 0 Å². The van der Waals surface area contributed by atoms with Gasteiger partial charge in [0.2, 0.25) is 0 Å². The zero-order valence-electron chi connectivity index (χ0n) is 8.20. The topological polar surface area (TPSA) is 3.24 Å². The molecule has 70 valence electrons. The fourth-order valence-electron chi connectivity index (χ4n) is 2.09. The molecule has 1 aliphatic heterocycles. The quantitative estimate of drug-likeness (QED) is 0.573. The lowest BCUT2D eigenvalue weighted by Crippen LogP contribution is -2.33. The van der Waals surface area contributed by atoms with E-state index in [1.165, 1.54) is 17.5 Å². The first-order valence-corrected chi connectivity index (χ1v) is 5.32. The van der Waals surface area contributed by atoms with Gasteiger partial charge in [0.25, 0.3) is 0 Å². The molecule has 0 saturated carbocycles. The number of nitrogens with zero attached hydrogens (tertiary/aromatic N) is 1. The second kappa shape index (κ2) is 3.40. The Morgan fingerprint density at radius 1 is 1.31 bits per heavy atom. The molecule has 0 saturated heterocycles. The monoisotopic (exact) mass is 193 g/mol. The Balaban J connectivity index is 2.43. The van der Waals surface area contributed by atoms with Crippen LogP contribution in [0.1, 0.15) is 31.0 Å². The molecule has 0 aliphatic carbocycles. The number of hydrogen-bond donors (Lipinski definition) is 0. The van der Waals surface area contributed by atoms with E-state index in [-0.39, 0.29) is 0 Å². The molecule has 0 N–H and O–H groups in total. The van der Waals surface area contributed by atoms with Crippen LogP contribution < -0.4 is 0 Å². The van der Waals surface area contributed by atoms with E-state index in [9.17, 15) is 0 Å². The summed E-state index contributed by atoms with van der Waals surface area (Å²) in [5, 5.41) is 0. The van der Waals surface area contributed by atoms with Crippen LogP contribution in [-0.2, 0) is 6.42 Å². The smallest absolute Gasteiger partial charge is 0.0357 e. The number of benzene rings is 1. The highest BCUT2D eigenvalue weighted by Gasteiger charge is 2.25. The van der Waals surface area contributed by atoms with E-state index >= 15 is 0 Å². The molecule has 2 heteroatoms. The average Bonchev–Trinajstić information content (AvgIpc) is 2.15. The molecule has 0 radical (unpaired) electrons. The third-order valence-corrected chi connectivity index (χ3v) is 3.93. The normalized spacial score (nSPS) is 28.5. The number of rotatable bonds is 0. The molecule has 0 aromatic heterocycles. The van der Waals surface area contributed by atoms with Gasteiger partial charge in [0.05, 0.1) is 0 Å². The van der Waals surface area contributed by atoms with E-state index in [2.05, 4.69) is 52.2 Å². The van der Waals surface area contributed by atoms with Crippen molar-refractivity contribution in [3.8, 4) is 0 Å². The molecule has 2 rings (SSSR count). The summed E-state index contributed by atoms with van der Waals surface area (Å²) in [5.74, 6) is 0. The standard InChI is InChI=1S/C11H16NP/c1-8-7-10-5-3-4-6-11(10)9(2)12(8)13/h3-6,8-9H,7,13H2,1-2H3. The maximum Gasteiger partial charge on any atom is 0.0357 e. The van der Waals surface area contributed by atoms with E-state index < -0.39 is 0 Å². The molecule has 1 aromatic carbocycles. The van der Waals surface area contributed by atoms with Gasteiger partial charge in [0, 0.05) is 12.1 Å². The minimum atomic E-state index is 0.532. The van der Waals surface area contributed by atoms with Crippen molar-refractivity contribution in [1.82, 2.24) is 4.67 Å². The van der Waals surface area contributed by atoms with Gasteiger partial charge in [-0.2, -0.15) is 0 Å². The van der Waals surface area contributed by atoms with Crippen LogP contribution in [0.25, 0.3) is 0 Å². The summed E-state index contributed by atoms with van der Waals surface area (Å²) in [5.41, 5.74) is 3.00. The van der Waals surface area contributed by atoms with Crippen LogP contribution in [0.4, 0.5) is 0 Å². The van der Waals surface area contributed by atoms with Crippen molar-refractivity contribution < 1.29 is 0 Å². The third kappa shape index (κ3) is 1.51. The zero-order valence-corrected chi connectivity index (χ0v) is 9.35. The minimum Gasteiger partial charge on any atom is -0.277 e. The van der Waals surface area contributed by atoms with E-state index in [1.54, 1.807) is 0 Å².